The lowest BCUT2D eigenvalue weighted by Gasteiger charge is -2.08. The number of benzene rings is 1. The van der Waals surface area contributed by atoms with Crippen LogP contribution in [0.15, 0.2) is 41.0 Å². The first-order valence-corrected chi connectivity index (χ1v) is 5.71. The summed E-state index contributed by atoms with van der Waals surface area (Å²) in [6, 6.07) is 9.86. The van der Waals surface area contributed by atoms with E-state index in [0.29, 0.717) is 21.9 Å². The summed E-state index contributed by atoms with van der Waals surface area (Å²) in [5.74, 6) is 0.794. The van der Waals surface area contributed by atoms with E-state index < -0.39 is 0 Å². The number of rotatable bonds is 3. The van der Waals surface area contributed by atoms with Crippen LogP contribution in [-0.2, 0) is 0 Å². The molecular formula is C12H10BrFN2O. The van der Waals surface area contributed by atoms with Crippen LogP contribution in [0.3, 0.4) is 0 Å². The van der Waals surface area contributed by atoms with Gasteiger partial charge in [0.2, 0.25) is 0 Å². The number of hydrogen-bond acceptors (Lipinski definition) is 3. The van der Waals surface area contributed by atoms with Gasteiger partial charge in [-0.2, -0.15) is 0 Å². The van der Waals surface area contributed by atoms with E-state index in [4.69, 9.17) is 4.74 Å². The summed E-state index contributed by atoms with van der Waals surface area (Å²) in [7, 11) is 1.54. The molecule has 1 aromatic heterocycles. The average Bonchev–Trinajstić information content (AvgIpc) is 2.32. The number of aromatic nitrogens is 1. The Hall–Kier alpha value is -1.62. The third-order valence-corrected chi connectivity index (χ3v) is 2.59. The van der Waals surface area contributed by atoms with Crippen molar-refractivity contribution in [3.8, 4) is 5.75 Å². The van der Waals surface area contributed by atoms with Gasteiger partial charge in [0, 0.05) is 6.07 Å². The molecule has 0 aliphatic heterocycles. The molecule has 0 atom stereocenters. The maximum atomic E-state index is 13.5. The lowest BCUT2D eigenvalue weighted by molar-refractivity contribution is 0.414. The van der Waals surface area contributed by atoms with Crippen LogP contribution >= 0.6 is 15.9 Å². The molecule has 2 aromatic rings. The molecule has 1 heterocycles. The van der Waals surface area contributed by atoms with E-state index in [1.165, 1.54) is 13.2 Å². The SMILES string of the molecule is COc1ccc(F)c(Nc2cccc(Br)n2)c1. The van der Waals surface area contributed by atoms with Gasteiger partial charge in [-0.15, -0.1) is 0 Å². The minimum Gasteiger partial charge on any atom is -0.497 e. The third-order valence-electron chi connectivity index (χ3n) is 2.15. The molecule has 1 N–H and O–H groups in total. The first-order chi connectivity index (χ1) is 8.19. The Morgan fingerprint density at radius 1 is 1.29 bits per heavy atom. The largest absolute Gasteiger partial charge is 0.497 e. The lowest BCUT2D eigenvalue weighted by Crippen LogP contribution is -1.97. The number of hydrogen-bond donors (Lipinski definition) is 1. The molecule has 0 radical (unpaired) electrons. The Labute approximate surface area is 107 Å². The predicted molar refractivity (Wildman–Crippen MR) is 68.2 cm³/mol. The van der Waals surface area contributed by atoms with Gasteiger partial charge in [0.05, 0.1) is 12.8 Å². The zero-order valence-corrected chi connectivity index (χ0v) is 10.7. The monoisotopic (exact) mass is 296 g/mol. The van der Waals surface area contributed by atoms with E-state index in [1.54, 1.807) is 24.3 Å². The van der Waals surface area contributed by atoms with Crippen molar-refractivity contribution in [3.63, 3.8) is 0 Å². The molecule has 5 heteroatoms. The summed E-state index contributed by atoms with van der Waals surface area (Å²) in [5.41, 5.74) is 0.329. The lowest BCUT2D eigenvalue weighted by atomic mass is 10.3. The summed E-state index contributed by atoms with van der Waals surface area (Å²) >= 11 is 3.25. The van der Waals surface area contributed by atoms with Crippen LogP contribution in [-0.4, -0.2) is 12.1 Å². The van der Waals surface area contributed by atoms with Crippen LogP contribution in [0.2, 0.25) is 0 Å². The number of anilines is 2. The van der Waals surface area contributed by atoms with Gasteiger partial charge in [-0.05, 0) is 40.2 Å². The number of nitrogens with zero attached hydrogens (tertiary/aromatic N) is 1. The van der Waals surface area contributed by atoms with Gasteiger partial charge in [0.15, 0.2) is 0 Å². The van der Waals surface area contributed by atoms with E-state index in [2.05, 4.69) is 26.2 Å². The van der Waals surface area contributed by atoms with E-state index in [9.17, 15) is 4.39 Å². The second-order valence-electron chi connectivity index (χ2n) is 3.32. The second kappa shape index (κ2) is 5.14. The summed E-state index contributed by atoms with van der Waals surface area (Å²) in [6.45, 7) is 0. The fourth-order valence-electron chi connectivity index (χ4n) is 1.34. The molecule has 88 valence electrons. The Morgan fingerprint density at radius 2 is 2.12 bits per heavy atom. The standard InChI is InChI=1S/C12H10BrFN2O/c1-17-8-5-6-9(14)10(7-8)15-12-4-2-3-11(13)16-12/h2-7H,1H3,(H,15,16). The van der Waals surface area contributed by atoms with Crippen LogP contribution in [0.5, 0.6) is 5.75 Å². The third kappa shape index (κ3) is 2.94. The van der Waals surface area contributed by atoms with Crippen LogP contribution in [0.4, 0.5) is 15.9 Å². The Balaban J connectivity index is 2.29. The van der Waals surface area contributed by atoms with Crippen LogP contribution in [0.25, 0.3) is 0 Å². The number of nitrogens with one attached hydrogen (secondary N) is 1. The highest BCUT2D eigenvalue weighted by Crippen LogP contribution is 2.24. The molecule has 0 aliphatic rings. The molecule has 0 aliphatic carbocycles. The van der Waals surface area contributed by atoms with Gasteiger partial charge in [-0.3, -0.25) is 0 Å². The molecule has 0 amide bonds. The van der Waals surface area contributed by atoms with Crippen molar-refractivity contribution < 1.29 is 9.13 Å². The summed E-state index contributed by atoms with van der Waals surface area (Å²) in [5, 5.41) is 2.89. The number of pyridine rings is 1. The number of methoxy groups -OCH3 is 1. The van der Waals surface area contributed by atoms with E-state index >= 15 is 0 Å². The van der Waals surface area contributed by atoms with Crippen molar-refractivity contribution in [3.05, 3.63) is 46.8 Å². The predicted octanol–water partition coefficient (Wildman–Crippen LogP) is 3.74. The first kappa shape index (κ1) is 11.9. The molecular weight excluding hydrogens is 287 g/mol. The highest BCUT2D eigenvalue weighted by molar-refractivity contribution is 9.10. The molecule has 0 fully saturated rings. The maximum absolute atomic E-state index is 13.5. The Bertz CT molecular complexity index is 534. The highest BCUT2D eigenvalue weighted by atomic mass is 79.9. The average molecular weight is 297 g/mol. The van der Waals surface area contributed by atoms with Gasteiger partial charge < -0.3 is 10.1 Å². The zero-order chi connectivity index (χ0) is 12.3. The number of ether oxygens (including phenoxy) is 1. The molecule has 0 saturated carbocycles. The van der Waals surface area contributed by atoms with Crippen molar-refractivity contribution >= 4 is 27.4 Å². The minimum atomic E-state index is -0.354. The topological polar surface area (TPSA) is 34.1 Å². The Morgan fingerprint density at radius 3 is 2.82 bits per heavy atom. The van der Waals surface area contributed by atoms with Gasteiger partial charge in [-0.1, -0.05) is 6.07 Å². The normalized spacial score (nSPS) is 10.1. The molecule has 0 bridgehead atoms. The molecule has 3 nitrogen and oxygen atoms in total. The van der Waals surface area contributed by atoms with Crippen molar-refractivity contribution in [1.82, 2.24) is 4.98 Å². The molecule has 2 rings (SSSR count). The Kier molecular flexibility index (Phi) is 3.58. The summed E-state index contributed by atoms with van der Waals surface area (Å²) in [4.78, 5) is 4.16. The van der Waals surface area contributed by atoms with Crippen LogP contribution in [0, 0.1) is 5.82 Å². The van der Waals surface area contributed by atoms with Crippen molar-refractivity contribution in [2.45, 2.75) is 0 Å². The van der Waals surface area contributed by atoms with Crippen LogP contribution < -0.4 is 10.1 Å². The summed E-state index contributed by atoms with van der Waals surface area (Å²) < 4.78 is 19.3. The van der Waals surface area contributed by atoms with Crippen molar-refractivity contribution in [2.75, 3.05) is 12.4 Å². The number of halogens is 2. The molecule has 1 aromatic carbocycles. The highest BCUT2D eigenvalue weighted by Gasteiger charge is 2.05. The van der Waals surface area contributed by atoms with Crippen LogP contribution in [0.1, 0.15) is 0 Å². The maximum Gasteiger partial charge on any atom is 0.146 e. The van der Waals surface area contributed by atoms with Gasteiger partial charge >= 0.3 is 0 Å². The molecule has 0 saturated heterocycles. The molecule has 0 unspecified atom stereocenters. The minimum absolute atomic E-state index is 0.329. The summed E-state index contributed by atoms with van der Waals surface area (Å²) in [6.07, 6.45) is 0. The first-order valence-electron chi connectivity index (χ1n) is 4.92. The molecule has 0 spiro atoms. The van der Waals surface area contributed by atoms with E-state index in [1.807, 2.05) is 6.07 Å². The molecule has 17 heavy (non-hydrogen) atoms. The fraction of sp³-hybridized carbons (Fsp3) is 0.0833. The second-order valence-corrected chi connectivity index (χ2v) is 4.13. The van der Waals surface area contributed by atoms with Gasteiger partial charge in [0.25, 0.3) is 0 Å². The van der Waals surface area contributed by atoms with Gasteiger partial charge in [0.1, 0.15) is 22.0 Å². The van der Waals surface area contributed by atoms with Crippen molar-refractivity contribution in [2.24, 2.45) is 0 Å². The smallest absolute Gasteiger partial charge is 0.146 e. The van der Waals surface area contributed by atoms with Gasteiger partial charge in [-0.25, -0.2) is 9.37 Å². The quantitative estimate of drug-likeness (QED) is 0.876. The van der Waals surface area contributed by atoms with Crippen molar-refractivity contribution in [1.29, 1.82) is 0 Å². The van der Waals surface area contributed by atoms with E-state index in [0.717, 1.165) is 0 Å². The fourth-order valence-corrected chi connectivity index (χ4v) is 1.69. The zero-order valence-electron chi connectivity index (χ0n) is 9.08. The van der Waals surface area contributed by atoms with E-state index in [-0.39, 0.29) is 5.82 Å².